The monoisotopic (exact) mass is 415 g/mol. The molecule has 5 N–H and O–H groups in total. The van der Waals surface area contributed by atoms with Gasteiger partial charge in [0.2, 0.25) is 5.91 Å². The first-order valence-corrected chi connectivity index (χ1v) is 9.49. The summed E-state index contributed by atoms with van der Waals surface area (Å²) in [6.45, 7) is 0.977. The van der Waals surface area contributed by atoms with Gasteiger partial charge in [-0.1, -0.05) is 0 Å². The van der Waals surface area contributed by atoms with Gasteiger partial charge in [-0.3, -0.25) is 24.1 Å². The van der Waals surface area contributed by atoms with Crippen LogP contribution >= 0.6 is 11.8 Å². The number of amides is 2. The number of nitrogens with zero attached hydrogens (tertiary/aromatic N) is 1. The van der Waals surface area contributed by atoms with Gasteiger partial charge < -0.3 is 26.0 Å². The van der Waals surface area contributed by atoms with Gasteiger partial charge in [-0.25, -0.2) is 4.79 Å². The maximum atomic E-state index is 12.4. The standard InChI is InChI=1S/C16H21N3O8S/c1-7(20)27-5-8-6-28-14-11(13(22)19(14)12(8)16(25)26)18-10(21)4-2-3-9(17)15(23)24/h9,11,14H,2-6,17H2,1H3,(H,18,21)(H,23,24)(H,25,26)/t9-,11+,14+/m1/s1. The van der Waals surface area contributed by atoms with Crippen LogP contribution in [-0.4, -0.2) is 74.7 Å². The van der Waals surface area contributed by atoms with Crippen LogP contribution in [0.1, 0.15) is 26.2 Å². The number of carbonyl (C=O) groups is 5. The maximum absolute atomic E-state index is 12.4. The Bertz CT molecular complexity index is 737. The lowest BCUT2D eigenvalue weighted by Gasteiger charge is -2.49. The molecule has 12 heteroatoms. The number of β-lactam (4-membered cyclic amide) rings is 1. The molecule has 2 amide bonds. The van der Waals surface area contributed by atoms with Crippen LogP contribution in [0.5, 0.6) is 0 Å². The van der Waals surface area contributed by atoms with Gasteiger partial charge in [-0.15, -0.1) is 11.8 Å². The van der Waals surface area contributed by atoms with Crippen molar-refractivity contribution in [3.63, 3.8) is 0 Å². The molecule has 11 nitrogen and oxygen atoms in total. The number of hydrogen-bond donors (Lipinski definition) is 4. The Hall–Kier alpha value is -2.60. The van der Waals surface area contributed by atoms with Crippen molar-refractivity contribution in [3.05, 3.63) is 11.3 Å². The van der Waals surface area contributed by atoms with E-state index in [4.69, 9.17) is 15.6 Å². The molecule has 0 unspecified atom stereocenters. The van der Waals surface area contributed by atoms with E-state index in [2.05, 4.69) is 5.32 Å². The number of carboxylic acids is 2. The van der Waals surface area contributed by atoms with Crippen molar-refractivity contribution in [1.29, 1.82) is 0 Å². The van der Waals surface area contributed by atoms with Gasteiger partial charge >= 0.3 is 17.9 Å². The highest BCUT2D eigenvalue weighted by Gasteiger charge is 2.54. The molecule has 0 aliphatic carbocycles. The third-order valence-corrected chi connectivity index (χ3v) is 5.59. The first-order valence-electron chi connectivity index (χ1n) is 8.44. The van der Waals surface area contributed by atoms with Crippen molar-refractivity contribution in [3.8, 4) is 0 Å². The average Bonchev–Trinajstić information content (AvgIpc) is 2.62. The maximum Gasteiger partial charge on any atom is 0.352 e. The Kier molecular flexibility index (Phi) is 7.02. The first-order chi connectivity index (χ1) is 13.1. The van der Waals surface area contributed by atoms with Gasteiger partial charge in [0.25, 0.3) is 5.91 Å². The topological polar surface area (TPSA) is 176 Å². The van der Waals surface area contributed by atoms with E-state index in [-0.39, 0.29) is 37.3 Å². The molecule has 28 heavy (non-hydrogen) atoms. The molecule has 0 bridgehead atoms. The van der Waals surface area contributed by atoms with E-state index in [0.29, 0.717) is 5.57 Å². The Morgan fingerprint density at radius 1 is 1.36 bits per heavy atom. The highest BCUT2D eigenvalue weighted by Crippen LogP contribution is 2.40. The van der Waals surface area contributed by atoms with Gasteiger partial charge in [0, 0.05) is 24.7 Å². The largest absolute Gasteiger partial charge is 0.480 e. The number of hydrogen-bond acceptors (Lipinski definition) is 8. The van der Waals surface area contributed by atoms with Crippen molar-refractivity contribution >= 4 is 41.5 Å². The molecule has 0 aromatic rings. The summed E-state index contributed by atoms with van der Waals surface area (Å²) in [5.74, 6) is -3.79. The number of thioether (sulfide) groups is 1. The number of nitrogens with two attached hydrogens (primary N) is 1. The van der Waals surface area contributed by atoms with Crippen LogP contribution in [0.25, 0.3) is 0 Å². The second kappa shape index (κ2) is 9.06. The van der Waals surface area contributed by atoms with Crippen molar-refractivity contribution < 1.29 is 38.9 Å². The van der Waals surface area contributed by atoms with E-state index in [9.17, 15) is 29.1 Å². The number of carbonyl (C=O) groups excluding carboxylic acids is 3. The molecule has 2 heterocycles. The van der Waals surface area contributed by atoms with Crippen LogP contribution in [0.15, 0.2) is 11.3 Å². The van der Waals surface area contributed by atoms with E-state index in [0.717, 1.165) is 4.90 Å². The normalized spacial score (nSPS) is 22.1. The highest BCUT2D eigenvalue weighted by molar-refractivity contribution is 8.00. The van der Waals surface area contributed by atoms with Gasteiger partial charge in [-0.05, 0) is 12.8 Å². The van der Waals surface area contributed by atoms with E-state index in [1.807, 2.05) is 0 Å². The summed E-state index contributed by atoms with van der Waals surface area (Å²) in [4.78, 5) is 58.7. The number of esters is 1. The summed E-state index contributed by atoms with van der Waals surface area (Å²) in [6.07, 6.45) is 0.368. The van der Waals surface area contributed by atoms with Crippen molar-refractivity contribution in [2.75, 3.05) is 12.4 Å². The van der Waals surface area contributed by atoms with E-state index in [1.54, 1.807) is 0 Å². The SMILES string of the molecule is CC(=O)OCC1=C(C(=O)O)N2C(=O)[C@H](NC(=O)CCC[C@@H](N)C(=O)O)[C@@H]2SC1. The minimum absolute atomic E-state index is 0.00146. The molecular formula is C16H21N3O8S. The molecule has 0 saturated carbocycles. The number of aliphatic carboxylic acids is 2. The van der Waals surface area contributed by atoms with E-state index < -0.39 is 47.2 Å². The molecule has 1 saturated heterocycles. The fourth-order valence-corrected chi connectivity index (χ4v) is 4.16. The number of fused-ring (bicyclic) bond motifs is 1. The minimum atomic E-state index is -1.31. The summed E-state index contributed by atoms with van der Waals surface area (Å²) in [6, 6.07) is -1.92. The summed E-state index contributed by atoms with van der Waals surface area (Å²) in [5, 5.41) is 20.1. The zero-order valence-corrected chi connectivity index (χ0v) is 15.9. The van der Waals surface area contributed by atoms with E-state index in [1.165, 1.54) is 18.7 Å². The van der Waals surface area contributed by atoms with Gasteiger partial charge in [0.15, 0.2) is 0 Å². The number of nitrogens with one attached hydrogen (secondary N) is 1. The van der Waals surface area contributed by atoms with Crippen LogP contribution in [0.2, 0.25) is 0 Å². The third-order valence-electron chi connectivity index (χ3n) is 4.25. The lowest BCUT2D eigenvalue weighted by molar-refractivity contribution is -0.151. The molecule has 1 fully saturated rings. The number of carboxylic acid groups (broad SMARTS) is 2. The van der Waals surface area contributed by atoms with Gasteiger partial charge in [0.1, 0.15) is 29.8 Å². The summed E-state index contributed by atoms with van der Waals surface area (Å²) >= 11 is 1.26. The average molecular weight is 415 g/mol. The van der Waals surface area contributed by atoms with Gasteiger partial charge in [0.05, 0.1) is 0 Å². The van der Waals surface area contributed by atoms with Gasteiger partial charge in [-0.2, -0.15) is 0 Å². The fraction of sp³-hybridized carbons (Fsp3) is 0.562. The van der Waals surface area contributed by atoms with Crippen LogP contribution in [-0.2, 0) is 28.7 Å². The molecule has 2 rings (SSSR count). The molecule has 0 spiro atoms. The lowest BCUT2D eigenvalue weighted by Crippen LogP contribution is -2.70. The summed E-state index contributed by atoms with van der Waals surface area (Å²) in [5.41, 5.74) is 5.44. The van der Waals surface area contributed by atoms with Crippen molar-refractivity contribution in [2.24, 2.45) is 5.73 Å². The molecule has 3 atom stereocenters. The van der Waals surface area contributed by atoms with Crippen LogP contribution in [0.3, 0.4) is 0 Å². The quantitative estimate of drug-likeness (QED) is 0.266. The van der Waals surface area contributed by atoms with Crippen molar-refractivity contribution in [1.82, 2.24) is 10.2 Å². The summed E-state index contributed by atoms with van der Waals surface area (Å²) in [7, 11) is 0. The number of ether oxygens (including phenoxy) is 1. The molecule has 0 aromatic heterocycles. The molecule has 2 aliphatic rings. The van der Waals surface area contributed by atoms with Crippen molar-refractivity contribution in [2.45, 2.75) is 43.6 Å². The Balaban J connectivity index is 1.96. The highest BCUT2D eigenvalue weighted by atomic mass is 32.2. The molecule has 0 aromatic carbocycles. The Morgan fingerprint density at radius 2 is 2.04 bits per heavy atom. The second-order valence-corrected chi connectivity index (χ2v) is 7.43. The van der Waals surface area contributed by atoms with Crippen LogP contribution < -0.4 is 11.1 Å². The smallest absolute Gasteiger partial charge is 0.352 e. The first kappa shape index (κ1) is 21.7. The third kappa shape index (κ3) is 4.81. The zero-order chi connectivity index (χ0) is 21.0. The minimum Gasteiger partial charge on any atom is -0.480 e. The molecular weight excluding hydrogens is 394 g/mol. The Morgan fingerprint density at radius 3 is 2.61 bits per heavy atom. The molecule has 2 aliphatic heterocycles. The summed E-state index contributed by atoms with van der Waals surface area (Å²) < 4.78 is 4.84. The van der Waals surface area contributed by atoms with E-state index >= 15 is 0 Å². The fourth-order valence-electron chi connectivity index (χ4n) is 2.83. The van der Waals surface area contributed by atoms with Crippen LogP contribution in [0.4, 0.5) is 0 Å². The molecule has 154 valence electrons. The zero-order valence-electron chi connectivity index (χ0n) is 15.0. The lowest BCUT2D eigenvalue weighted by atomic mass is 10.0. The predicted molar refractivity (Wildman–Crippen MR) is 95.8 cm³/mol. The van der Waals surface area contributed by atoms with Crippen LogP contribution in [0, 0.1) is 0 Å². The Labute approximate surface area is 164 Å². The second-order valence-electron chi connectivity index (χ2n) is 6.33. The molecule has 0 radical (unpaired) electrons. The predicted octanol–water partition coefficient (Wildman–Crippen LogP) is -1.13. The number of rotatable bonds is 9.